The number of pyridine rings is 1. The van der Waals surface area contributed by atoms with Crippen molar-refractivity contribution in [3.8, 4) is 5.82 Å². The van der Waals surface area contributed by atoms with Crippen LogP contribution in [0.3, 0.4) is 0 Å². The Morgan fingerprint density at radius 1 is 1.26 bits per heavy atom. The van der Waals surface area contributed by atoms with E-state index < -0.39 is 11.6 Å². The maximum atomic E-state index is 13.7. The Kier molecular flexibility index (Phi) is 4.85. The van der Waals surface area contributed by atoms with Gasteiger partial charge in [-0.1, -0.05) is 12.1 Å². The van der Waals surface area contributed by atoms with Crippen LogP contribution in [0.25, 0.3) is 5.82 Å². The van der Waals surface area contributed by atoms with E-state index in [-0.39, 0.29) is 11.6 Å². The van der Waals surface area contributed by atoms with Gasteiger partial charge in [-0.15, -0.1) is 0 Å². The molecule has 0 saturated heterocycles. The van der Waals surface area contributed by atoms with E-state index in [0.717, 1.165) is 30.2 Å². The molecule has 1 aliphatic rings. The van der Waals surface area contributed by atoms with Crippen molar-refractivity contribution in [2.24, 2.45) is 0 Å². The highest BCUT2D eigenvalue weighted by molar-refractivity contribution is 5.29. The average molecular weight is 370 g/mol. The Bertz CT molecular complexity index is 997. The number of benzene rings is 1. The first-order valence-corrected chi connectivity index (χ1v) is 9.03. The summed E-state index contributed by atoms with van der Waals surface area (Å²) in [5.74, 6) is -0.513. The number of hydrogen-bond acceptors (Lipinski definition) is 3. The molecule has 5 nitrogen and oxygen atoms in total. The van der Waals surface area contributed by atoms with Gasteiger partial charge in [0, 0.05) is 29.6 Å². The lowest BCUT2D eigenvalue weighted by molar-refractivity contribution is 0.456. The summed E-state index contributed by atoms with van der Waals surface area (Å²) in [6, 6.07) is 9.24. The number of nitrogens with zero attached hydrogens (tertiary/aromatic N) is 2. The molecule has 1 atom stereocenters. The van der Waals surface area contributed by atoms with Crippen molar-refractivity contribution in [3.05, 3.63) is 81.4 Å². The topological polar surface area (TPSA) is 62.7 Å². The van der Waals surface area contributed by atoms with Gasteiger partial charge < -0.3 is 5.32 Å². The van der Waals surface area contributed by atoms with Crippen molar-refractivity contribution in [2.45, 2.75) is 31.7 Å². The zero-order valence-electron chi connectivity index (χ0n) is 14.7. The lowest BCUT2D eigenvalue weighted by Gasteiger charge is -2.22. The lowest BCUT2D eigenvalue weighted by atomic mass is 9.93. The summed E-state index contributed by atoms with van der Waals surface area (Å²) in [4.78, 5) is 16.9. The molecule has 27 heavy (non-hydrogen) atoms. The molecule has 7 heteroatoms. The monoisotopic (exact) mass is 370 g/mol. The minimum Gasteiger partial charge on any atom is -0.313 e. The second-order valence-electron chi connectivity index (χ2n) is 6.78. The van der Waals surface area contributed by atoms with Crippen molar-refractivity contribution in [3.63, 3.8) is 0 Å². The number of aromatic nitrogens is 3. The SMILES string of the molecule is O=c1c2c([nH]n1-c1ccccn1)CCC(NCCc1ccc(F)cc1F)C2. The van der Waals surface area contributed by atoms with Crippen LogP contribution in [0.2, 0.25) is 0 Å². The smallest absolute Gasteiger partial charge is 0.276 e. The van der Waals surface area contributed by atoms with Crippen LogP contribution in [0.15, 0.2) is 47.4 Å². The minimum absolute atomic E-state index is 0.0696. The van der Waals surface area contributed by atoms with E-state index in [1.54, 1.807) is 18.3 Å². The molecule has 1 aliphatic carbocycles. The third-order valence-electron chi connectivity index (χ3n) is 4.99. The minimum atomic E-state index is -0.569. The molecule has 3 aromatic rings. The summed E-state index contributed by atoms with van der Waals surface area (Å²) in [7, 11) is 0. The van der Waals surface area contributed by atoms with Crippen molar-refractivity contribution < 1.29 is 8.78 Å². The van der Waals surface area contributed by atoms with Crippen molar-refractivity contribution in [1.29, 1.82) is 0 Å². The number of fused-ring (bicyclic) bond motifs is 1. The van der Waals surface area contributed by atoms with Gasteiger partial charge >= 0.3 is 0 Å². The number of aromatic amines is 1. The molecule has 0 radical (unpaired) electrons. The van der Waals surface area contributed by atoms with Crippen LogP contribution in [-0.2, 0) is 19.3 Å². The van der Waals surface area contributed by atoms with Crippen LogP contribution < -0.4 is 10.9 Å². The highest BCUT2D eigenvalue weighted by atomic mass is 19.1. The van der Waals surface area contributed by atoms with Gasteiger partial charge in [-0.2, -0.15) is 0 Å². The van der Waals surface area contributed by atoms with Crippen LogP contribution in [0, 0.1) is 11.6 Å². The zero-order chi connectivity index (χ0) is 18.8. The molecule has 0 amide bonds. The fourth-order valence-corrected chi connectivity index (χ4v) is 3.56. The van der Waals surface area contributed by atoms with Crippen LogP contribution in [0.5, 0.6) is 0 Å². The van der Waals surface area contributed by atoms with Gasteiger partial charge in [0.25, 0.3) is 5.56 Å². The molecule has 2 N–H and O–H groups in total. The number of H-pyrrole nitrogens is 1. The Balaban J connectivity index is 1.41. The Hall–Kier alpha value is -2.80. The average Bonchev–Trinajstić information content (AvgIpc) is 3.01. The molecular weight excluding hydrogens is 350 g/mol. The lowest BCUT2D eigenvalue weighted by Crippen LogP contribution is -2.37. The molecule has 0 spiro atoms. The van der Waals surface area contributed by atoms with Crippen molar-refractivity contribution >= 4 is 0 Å². The Morgan fingerprint density at radius 2 is 2.15 bits per heavy atom. The van der Waals surface area contributed by atoms with E-state index in [1.165, 1.54) is 16.8 Å². The first-order valence-electron chi connectivity index (χ1n) is 9.03. The van der Waals surface area contributed by atoms with Gasteiger partial charge in [-0.25, -0.2) is 18.4 Å². The predicted octanol–water partition coefficient (Wildman–Crippen LogP) is 2.53. The zero-order valence-corrected chi connectivity index (χ0v) is 14.7. The number of nitrogens with one attached hydrogen (secondary N) is 2. The fraction of sp³-hybridized carbons (Fsp3) is 0.300. The quantitative estimate of drug-likeness (QED) is 0.726. The highest BCUT2D eigenvalue weighted by Gasteiger charge is 2.24. The third kappa shape index (κ3) is 3.68. The predicted molar refractivity (Wildman–Crippen MR) is 98.1 cm³/mol. The molecule has 2 aromatic heterocycles. The largest absolute Gasteiger partial charge is 0.313 e. The highest BCUT2D eigenvalue weighted by Crippen LogP contribution is 2.18. The van der Waals surface area contributed by atoms with E-state index in [1.807, 2.05) is 6.07 Å². The van der Waals surface area contributed by atoms with Crippen LogP contribution >= 0.6 is 0 Å². The summed E-state index contributed by atoms with van der Waals surface area (Å²) in [5, 5.41) is 6.55. The maximum Gasteiger partial charge on any atom is 0.276 e. The molecule has 0 saturated carbocycles. The van der Waals surface area contributed by atoms with Crippen molar-refractivity contribution in [2.75, 3.05) is 6.54 Å². The number of rotatable bonds is 5. The summed E-state index contributed by atoms with van der Waals surface area (Å²) >= 11 is 0. The summed E-state index contributed by atoms with van der Waals surface area (Å²) in [6.45, 7) is 0.571. The Morgan fingerprint density at radius 3 is 2.93 bits per heavy atom. The first kappa shape index (κ1) is 17.6. The summed E-state index contributed by atoms with van der Waals surface area (Å²) in [6.07, 6.45) is 4.41. The van der Waals surface area contributed by atoms with Crippen LogP contribution in [-0.4, -0.2) is 27.4 Å². The van der Waals surface area contributed by atoms with Gasteiger partial charge in [0.2, 0.25) is 0 Å². The molecule has 4 rings (SSSR count). The molecule has 0 bridgehead atoms. The third-order valence-corrected chi connectivity index (χ3v) is 4.99. The van der Waals surface area contributed by atoms with E-state index in [0.29, 0.717) is 30.8 Å². The van der Waals surface area contributed by atoms with E-state index in [9.17, 15) is 13.6 Å². The number of aryl methyl sites for hydroxylation is 1. The second-order valence-corrected chi connectivity index (χ2v) is 6.78. The molecule has 2 heterocycles. The normalized spacial score (nSPS) is 16.3. The number of halogens is 2. The summed E-state index contributed by atoms with van der Waals surface area (Å²) < 4.78 is 28.2. The van der Waals surface area contributed by atoms with Crippen LogP contribution in [0.4, 0.5) is 8.78 Å². The molecule has 1 unspecified atom stereocenters. The second kappa shape index (κ2) is 7.44. The number of hydrogen-bond donors (Lipinski definition) is 2. The van der Waals surface area contributed by atoms with Gasteiger partial charge in [0.15, 0.2) is 5.82 Å². The van der Waals surface area contributed by atoms with Gasteiger partial charge in [0.1, 0.15) is 11.6 Å². The van der Waals surface area contributed by atoms with Crippen LogP contribution in [0.1, 0.15) is 23.2 Å². The fourth-order valence-electron chi connectivity index (χ4n) is 3.56. The molecule has 1 aromatic carbocycles. The summed E-state index contributed by atoms with van der Waals surface area (Å²) in [5.41, 5.74) is 2.14. The van der Waals surface area contributed by atoms with Crippen molar-refractivity contribution in [1.82, 2.24) is 20.1 Å². The molecular formula is C20H20F2N4O. The maximum absolute atomic E-state index is 13.7. The van der Waals surface area contributed by atoms with Gasteiger partial charge in [0.05, 0.1) is 0 Å². The van der Waals surface area contributed by atoms with Gasteiger partial charge in [-0.3, -0.25) is 9.89 Å². The molecule has 0 fully saturated rings. The molecule has 140 valence electrons. The van der Waals surface area contributed by atoms with E-state index in [2.05, 4.69) is 15.4 Å². The van der Waals surface area contributed by atoms with E-state index in [4.69, 9.17) is 0 Å². The Labute approximate surface area is 155 Å². The first-order chi connectivity index (χ1) is 13.1. The van der Waals surface area contributed by atoms with E-state index >= 15 is 0 Å². The van der Waals surface area contributed by atoms with Gasteiger partial charge in [-0.05, 0) is 56.0 Å². The standard InChI is InChI=1S/C20H20F2N4O/c21-14-5-4-13(17(22)11-14)8-10-23-15-6-7-18-16(12-15)20(27)26(25-18)19-3-1-2-9-24-19/h1-5,9,11,15,23,25H,6-8,10,12H2. The molecule has 0 aliphatic heterocycles.